The maximum atomic E-state index is 9.30. The molecule has 1 atom stereocenters. The molecule has 1 heterocycles. The largest absolute Gasteiger partial charge is 0.392 e. The van der Waals surface area contributed by atoms with Crippen LogP contribution in [0.4, 0.5) is 0 Å². The van der Waals surface area contributed by atoms with Gasteiger partial charge in [0.15, 0.2) is 0 Å². The molecule has 0 saturated heterocycles. The van der Waals surface area contributed by atoms with Crippen molar-refractivity contribution in [2.45, 2.75) is 12.5 Å². The van der Waals surface area contributed by atoms with Crippen molar-refractivity contribution in [2.24, 2.45) is 0 Å². The summed E-state index contributed by atoms with van der Waals surface area (Å²) in [6.07, 6.45) is 5.33. The molecule has 3 heteroatoms. The summed E-state index contributed by atoms with van der Waals surface area (Å²) in [6, 6.07) is 7.78. The second kappa shape index (κ2) is 4.77. The third-order valence-corrected chi connectivity index (χ3v) is 2.63. The Morgan fingerprint density at radius 2 is 2.25 bits per heavy atom. The minimum Gasteiger partial charge on any atom is -0.392 e. The monoisotopic (exact) mass is 214 g/mol. The van der Waals surface area contributed by atoms with Crippen molar-refractivity contribution < 1.29 is 5.11 Å². The Morgan fingerprint density at radius 1 is 1.44 bits per heavy atom. The number of rotatable bonds is 4. The van der Waals surface area contributed by atoms with E-state index in [1.54, 1.807) is 6.33 Å². The molecule has 0 aliphatic carbocycles. The summed E-state index contributed by atoms with van der Waals surface area (Å²) < 4.78 is 0. The van der Waals surface area contributed by atoms with E-state index in [9.17, 15) is 5.11 Å². The zero-order chi connectivity index (χ0) is 11.4. The fraction of sp³-hybridized carbons (Fsp3) is 0.154. The highest BCUT2D eigenvalue weighted by Gasteiger charge is 2.14. The predicted octanol–water partition coefficient (Wildman–Crippen LogP) is 2.22. The number of nitrogens with zero attached hydrogens (tertiary/aromatic N) is 1. The molecule has 0 aliphatic heterocycles. The second-order valence-electron chi connectivity index (χ2n) is 3.56. The van der Waals surface area contributed by atoms with Gasteiger partial charge < -0.3 is 10.1 Å². The molecule has 0 bridgehead atoms. The van der Waals surface area contributed by atoms with Crippen molar-refractivity contribution in [3.63, 3.8) is 0 Å². The zero-order valence-electron chi connectivity index (χ0n) is 8.93. The number of aromatic nitrogens is 2. The lowest BCUT2D eigenvalue weighted by Gasteiger charge is -2.14. The van der Waals surface area contributed by atoms with Crippen molar-refractivity contribution in [3.05, 3.63) is 66.3 Å². The van der Waals surface area contributed by atoms with Crippen LogP contribution in [0.2, 0.25) is 0 Å². The average Bonchev–Trinajstić information content (AvgIpc) is 2.84. The van der Waals surface area contributed by atoms with Gasteiger partial charge in [0.05, 0.1) is 18.6 Å². The maximum Gasteiger partial charge on any atom is 0.0923 e. The van der Waals surface area contributed by atoms with Crippen molar-refractivity contribution in [1.29, 1.82) is 0 Å². The molecule has 0 aliphatic rings. The second-order valence-corrected chi connectivity index (χ2v) is 3.56. The summed E-state index contributed by atoms with van der Waals surface area (Å²) in [5, 5.41) is 9.30. The van der Waals surface area contributed by atoms with Gasteiger partial charge in [-0.15, -0.1) is 6.58 Å². The highest BCUT2D eigenvalue weighted by molar-refractivity contribution is 5.37. The predicted molar refractivity (Wildman–Crippen MR) is 63.0 cm³/mol. The van der Waals surface area contributed by atoms with E-state index in [0.29, 0.717) is 0 Å². The van der Waals surface area contributed by atoms with E-state index in [4.69, 9.17) is 0 Å². The van der Waals surface area contributed by atoms with Crippen LogP contribution in [0.1, 0.15) is 22.7 Å². The van der Waals surface area contributed by atoms with Gasteiger partial charge in [-0.2, -0.15) is 0 Å². The number of allylic oxidation sites excluding steroid dienone is 1. The Morgan fingerprint density at radius 3 is 2.88 bits per heavy atom. The van der Waals surface area contributed by atoms with Gasteiger partial charge in [-0.3, -0.25) is 0 Å². The Kier molecular flexibility index (Phi) is 3.17. The number of aliphatic hydroxyl groups excluding tert-OH is 1. The number of aromatic amines is 1. The fourth-order valence-corrected chi connectivity index (χ4v) is 1.83. The first-order valence-electron chi connectivity index (χ1n) is 5.16. The number of benzene rings is 1. The molecule has 1 unspecified atom stereocenters. The molecule has 0 radical (unpaired) electrons. The van der Waals surface area contributed by atoms with E-state index in [1.807, 2.05) is 36.5 Å². The van der Waals surface area contributed by atoms with Gasteiger partial charge in [0.2, 0.25) is 0 Å². The molecule has 1 aromatic carbocycles. The number of hydrogen-bond acceptors (Lipinski definition) is 2. The van der Waals surface area contributed by atoms with Crippen LogP contribution in [0.15, 0.2) is 49.4 Å². The molecular formula is C13H14N2O. The summed E-state index contributed by atoms with van der Waals surface area (Å²) in [5.41, 5.74) is 2.87. The fourth-order valence-electron chi connectivity index (χ4n) is 1.83. The summed E-state index contributed by atoms with van der Waals surface area (Å²) in [4.78, 5) is 7.16. The number of aliphatic hydroxyl groups is 1. The van der Waals surface area contributed by atoms with E-state index in [1.165, 1.54) is 0 Å². The maximum absolute atomic E-state index is 9.30. The Bertz CT molecular complexity index is 463. The summed E-state index contributed by atoms with van der Waals surface area (Å²) in [7, 11) is 0. The van der Waals surface area contributed by atoms with Crippen LogP contribution < -0.4 is 0 Å². The molecular weight excluding hydrogens is 200 g/mol. The van der Waals surface area contributed by atoms with E-state index < -0.39 is 0 Å². The van der Waals surface area contributed by atoms with Crippen molar-refractivity contribution >= 4 is 0 Å². The number of H-pyrrole nitrogens is 1. The van der Waals surface area contributed by atoms with Crippen molar-refractivity contribution in [1.82, 2.24) is 9.97 Å². The molecule has 0 saturated carbocycles. The van der Waals surface area contributed by atoms with Gasteiger partial charge >= 0.3 is 0 Å². The van der Waals surface area contributed by atoms with Gasteiger partial charge in [0.25, 0.3) is 0 Å². The Labute approximate surface area is 94.5 Å². The molecule has 0 spiro atoms. The first kappa shape index (κ1) is 10.6. The third-order valence-electron chi connectivity index (χ3n) is 2.63. The average molecular weight is 214 g/mol. The van der Waals surface area contributed by atoms with Crippen LogP contribution in [-0.4, -0.2) is 15.1 Å². The van der Waals surface area contributed by atoms with Crippen LogP contribution in [0.25, 0.3) is 0 Å². The van der Waals surface area contributed by atoms with Crippen LogP contribution in [-0.2, 0) is 6.61 Å². The van der Waals surface area contributed by atoms with Crippen LogP contribution >= 0.6 is 0 Å². The quantitative estimate of drug-likeness (QED) is 0.767. The first-order valence-corrected chi connectivity index (χ1v) is 5.16. The lowest BCUT2D eigenvalue weighted by atomic mass is 9.92. The molecule has 2 N–H and O–H groups in total. The number of imidazole rings is 1. The summed E-state index contributed by atoms with van der Waals surface area (Å²) in [5.74, 6) is 0.0228. The van der Waals surface area contributed by atoms with E-state index in [0.717, 1.165) is 16.8 Å². The zero-order valence-corrected chi connectivity index (χ0v) is 8.93. The van der Waals surface area contributed by atoms with Crippen LogP contribution in [0, 0.1) is 0 Å². The van der Waals surface area contributed by atoms with Crippen LogP contribution in [0.5, 0.6) is 0 Å². The molecule has 3 nitrogen and oxygen atoms in total. The topological polar surface area (TPSA) is 48.9 Å². The van der Waals surface area contributed by atoms with Gasteiger partial charge in [-0.25, -0.2) is 4.98 Å². The van der Waals surface area contributed by atoms with Gasteiger partial charge in [0, 0.05) is 12.1 Å². The molecule has 82 valence electrons. The summed E-state index contributed by atoms with van der Waals surface area (Å²) >= 11 is 0. The van der Waals surface area contributed by atoms with Crippen molar-refractivity contribution in [3.8, 4) is 0 Å². The smallest absolute Gasteiger partial charge is 0.0923 e. The lowest BCUT2D eigenvalue weighted by Crippen LogP contribution is -2.02. The lowest BCUT2D eigenvalue weighted by molar-refractivity contribution is 0.280. The minimum atomic E-state index is 0.0228. The van der Waals surface area contributed by atoms with E-state index >= 15 is 0 Å². The highest BCUT2D eigenvalue weighted by atomic mass is 16.3. The van der Waals surface area contributed by atoms with E-state index in [-0.39, 0.29) is 12.5 Å². The third kappa shape index (κ3) is 1.90. The van der Waals surface area contributed by atoms with Gasteiger partial charge in [-0.05, 0) is 11.1 Å². The Balaban J connectivity index is 2.45. The normalized spacial score (nSPS) is 12.3. The molecule has 2 rings (SSSR count). The minimum absolute atomic E-state index is 0.0228. The number of hydrogen-bond donors (Lipinski definition) is 2. The molecule has 0 fully saturated rings. The molecule has 1 aromatic heterocycles. The SMILES string of the molecule is C=CC(c1c[nH]cn1)c1ccccc1CO. The number of nitrogens with one attached hydrogen (secondary N) is 1. The van der Waals surface area contributed by atoms with Gasteiger partial charge in [-0.1, -0.05) is 30.3 Å². The van der Waals surface area contributed by atoms with Crippen LogP contribution in [0.3, 0.4) is 0 Å². The standard InChI is InChI=1S/C13H14N2O/c1-2-11(13-7-14-9-15-13)12-6-4-3-5-10(12)8-16/h2-7,9,11,16H,1,8H2,(H,14,15). The summed E-state index contributed by atoms with van der Waals surface area (Å²) in [6.45, 7) is 3.87. The molecule has 2 aromatic rings. The molecule has 16 heavy (non-hydrogen) atoms. The van der Waals surface area contributed by atoms with E-state index in [2.05, 4.69) is 16.5 Å². The highest BCUT2D eigenvalue weighted by Crippen LogP contribution is 2.26. The van der Waals surface area contributed by atoms with Gasteiger partial charge in [0.1, 0.15) is 0 Å². The Hall–Kier alpha value is -1.87. The van der Waals surface area contributed by atoms with Crippen molar-refractivity contribution in [2.75, 3.05) is 0 Å². The first-order chi connectivity index (χ1) is 7.86. The molecule has 0 amide bonds.